The molecular weight excluding hydrogens is 336 g/mol. The Morgan fingerprint density at radius 1 is 1.20 bits per heavy atom. The lowest BCUT2D eigenvalue weighted by Gasteiger charge is -2.26. The summed E-state index contributed by atoms with van der Waals surface area (Å²) in [4.78, 5) is 4.55. The van der Waals surface area contributed by atoms with Crippen molar-refractivity contribution < 1.29 is 8.42 Å². The van der Waals surface area contributed by atoms with E-state index in [-0.39, 0.29) is 6.04 Å². The molecule has 0 aliphatic rings. The van der Waals surface area contributed by atoms with Crippen molar-refractivity contribution in [2.24, 2.45) is 4.99 Å². The Morgan fingerprint density at radius 3 is 2.32 bits per heavy atom. The van der Waals surface area contributed by atoms with Crippen molar-refractivity contribution in [3.8, 4) is 0 Å². The molecule has 2 atom stereocenters. The smallest absolute Gasteiger partial charge is 0.209 e. The number of hydrogen-bond donors (Lipinski definition) is 3. The van der Waals surface area contributed by atoms with E-state index in [0.717, 1.165) is 12.8 Å². The molecule has 0 amide bonds. The predicted molar refractivity (Wildman–Crippen MR) is 105 cm³/mol. The van der Waals surface area contributed by atoms with Gasteiger partial charge in [0.15, 0.2) is 5.96 Å². The molecule has 2 unspecified atom stereocenters. The summed E-state index contributed by atoms with van der Waals surface area (Å²) in [5, 5.41) is 6.63. The van der Waals surface area contributed by atoms with Gasteiger partial charge in [-0.3, -0.25) is 4.99 Å². The highest BCUT2D eigenvalue weighted by molar-refractivity contribution is 7.88. The first kappa shape index (κ1) is 21.4. The fourth-order valence-electron chi connectivity index (χ4n) is 2.52. The zero-order chi connectivity index (χ0) is 19.1. The summed E-state index contributed by atoms with van der Waals surface area (Å²) in [6, 6.07) is 10.5. The van der Waals surface area contributed by atoms with Crippen LogP contribution in [0, 0.1) is 0 Å². The summed E-state index contributed by atoms with van der Waals surface area (Å²) in [5.74, 6) is 0.994. The Labute approximate surface area is 152 Å². The molecule has 0 aliphatic heterocycles. The minimum atomic E-state index is -3.27. The Hall–Kier alpha value is -1.60. The van der Waals surface area contributed by atoms with Crippen LogP contribution in [-0.2, 0) is 10.0 Å². The van der Waals surface area contributed by atoms with Crippen molar-refractivity contribution in [2.75, 3.05) is 19.3 Å². The molecule has 7 heteroatoms. The van der Waals surface area contributed by atoms with Gasteiger partial charge in [-0.05, 0) is 33.3 Å². The fraction of sp³-hybridized carbons (Fsp3) is 0.611. The average molecular weight is 369 g/mol. The number of sulfonamides is 1. The van der Waals surface area contributed by atoms with Crippen LogP contribution < -0.4 is 15.4 Å². The molecule has 1 aromatic carbocycles. The van der Waals surface area contributed by atoms with Crippen molar-refractivity contribution in [1.82, 2.24) is 15.4 Å². The maximum atomic E-state index is 11.5. The Kier molecular flexibility index (Phi) is 7.89. The molecule has 0 bridgehead atoms. The summed E-state index contributed by atoms with van der Waals surface area (Å²) < 4.78 is 25.5. The molecule has 0 aliphatic carbocycles. The summed E-state index contributed by atoms with van der Waals surface area (Å²) in [7, 11) is -3.27. The lowest BCUT2D eigenvalue weighted by Crippen LogP contribution is -2.48. The molecule has 0 aromatic heterocycles. The fourth-order valence-corrected chi connectivity index (χ4v) is 3.59. The van der Waals surface area contributed by atoms with Gasteiger partial charge in [0.2, 0.25) is 10.0 Å². The van der Waals surface area contributed by atoms with Crippen LogP contribution in [0.15, 0.2) is 35.3 Å². The van der Waals surface area contributed by atoms with E-state index < -0.39 is 15.6 Å². The second kappa shape index (κ2) is 9.20. The van der Waals surface area contributed by atoms with Gasteiger partial charge in [-0.15, -0.1) is 0 Å². The second-order valence-corrected chi connectivity index (χ2v) is 8.83. The largest absolute Gasteiger partial charge is 0.357 e. The van der Waals surface area contributed by atoms with Crippen LogP contribution in [0.4, 0.5) is 0 Å². The monoisotopic (exact) mass is 368 g/mol. The maximum Gasteiger partial charge on any atom is 0.209 e. The SMILES string of the molecule is CCNC(=NCC(C)(C)NS(C)(=O)=O)NC(C)C(C)c1ccccc1. The Morgan fingerprint density at radius 2 is 1.80 bits per heavy atom. The van der Waals surface area contributed by atoms with E-state index in [1.165, 1.54) is 5.56 Å². The summed E-state index contributed by atoms with van der Waals surface area (Å²) >= 11 is 0. The van der Waals surface area contributed by atoms with Crippen molar-refractivity contribution in [2.45, 2.75) is 52.1 Å². The number of hydrogen-bond acceptors (Lipinski definition) is 3. The van der Waals surface area contributed by atoms with Crippen molar-refractivity contribution in [3.05, 3.63) is 35.9 Å². The van der Waals surface area contributed by atoms with Crippen LogP contribution in [0.2, 0.25) is 0 Å². The van der Waals surface area contributed by atoms with E-state index in [2.05, 4.69) is 46.3 Å². The summed E-state index contributed by atoms with van der Waals surface area (Å²) in [6.45, 7) is 11.0. The Bertz CT molecular complexity index is 657. The number of benzene rings is 1. The number of rotatable bonds is 8. The van der Waals surface area contributed by atoms with Gasteiger partial charge < -0.3 is 10.6 Å². The molecule has 1 aromatic rings. The maximum absolute atomic E-state index is 11.5. The van der Waals surface area contributed by atoms with Crippen LogP contribution in [0.5, 0.6) is 0 Å². The molecule has 0 radical (unpaired) electrons. The van der Waals surface area contributed by atoms with Gasteiger partial charge in [-0.2, -0.15) is 0 Å². The van der Waals surface area contributed by atoms with Gasteiger partial charge in [0.1, 0.15) is 0 Å². The molecule has 1 rings (SSSR count). The highest BCUT2D eigenvalue weighted by Gasteiger charge is 2.22. The third-order valence-corrected chi connectivity index (χ3v) is 4.80. The molecule has 3 N–H and O–H groups in total. The zero-order valence-corrected chi connectivity index (χ0v) is 16.9. The Balaban J connectivity index is 2.78. The molecule has 0 saturated carbocycles. The van der Waals surface area contributed by atoms with Crippen LogP contribution in [0.25, 0.3) is 0 Å². The third kappa shape index (κ3) is 8.36. The molecule has 0 fully saturated rings. The molecule has 142 valence electrons. The predicted octanol–water partition coefficient (Wildman–Crippen LogP) is 2.06. The summed E-state index contributed by atoms with van der Waals surface area (Å²) in [6.07, 6.45) is 1.16. The highest BCUT2D eigenvalue weighted by atomic mass is 32.2. The van der Waals surface area contributed by atoms with Crippen LogP contribution in [0.3, 0.4) is 0 Å². The van der Waals surface area contributed by atoms with Crippen molar-refractivity contribution >= 4 is 16.0 Å². The summed E-state index contributed by atoms with van der Waals surface area (Å²) in [5.41, 5.74) is 0.613. The van der Waals surface area contributed by atoms with E-state index in [4.69, 9.17) is 0 Å². The van der Waals surface area contributed by atoms with Crippen LogP contribution >= 0.6 is 0 Å². The minimum absolute atomic E-state index is 0.172. The van der Waals surface area contributed by atoms with E-state index in [0.29, 0.717) is 18.4 Å². The molecule has 0 spiro atoms. The van der Waals surface area contributed by atoms with E-state index in [9.17, 15) is 8.42 Å². The first-order valence-electron chi connectivity index (χ1n) is 8.63. The van der Waals surface area contributed by atoms with Crippen LogP contribution in [0.1, 0.15) is 46.1 Å². The lowest BCUT2D eigenvalue weighted by atomic mass is 9.94. The average Bonchev–Trinajstić information content (AvgIpc) is 2.50. The molecule has 25 heavy (non-hydrogen) atoms. The van der Waals surface area contributed by atoms with E-state index >= 15 is 0 Å². The van der Waals surface area contributed by atoms with Gasteiger partial charge in [-0.1, -0.05) is 37.3 Å². The van der Waals surface area contributed by atoms with Crippen molar-refractivity contribution in [3.63, 3.8) is 0 Å². The van der Waals surface area contributed by atoms with Gasteiger partial charge in [0.25, 0.3) is 0 Å². The number of nitrogens with zero attached hydrogens (tertiary/aromatic N) is 1. The van der Waals surface area contributed by atoms with Crippen molar-refractivity contribution in [1.29, 1.82) is 0 Å². The zero-order valence-electron chi connectivity index (χ0n) is 16.1. The van der Waals surface area contributed by atoms with Gasteiger partial charge in [-0.25, -0.2) is 13.1 Å². The van der Waals surface area contributed by atoms with E-state index in [1.807, 2.05) is 39.0 Å². The van der Waals surface area contributed by atoms with Crippen LogP contribution in [-0.4, -0.2) is 45.3 Å². The minimum Gasteiger partial charge on any atom is -0.357 e. The number of nitrogens with one attached hydrogen (secondary N) is 3. The highest BCUT2D eigenvalue weighted by Crippen LogP contribution is 2.18. The normalized spacial score (nSPS) is 15.5. The lowest BCUT2D eigenvalue weighted by molar-refractivity contribution is 0.463. The topological polar surface area (TPSA) is 82.6 Å². The van der Waals surface area contributed by atoms with Gasteiger partial charge >= 0.3 is 0 Å². The molecule has 6 nitrogen and oxygen atoms in total. The second-order valence-electron chi connectivity index (χ2n) is 7.09. The number of guanidine groups is 1. The quantitative estimate of drug-likeness (QED) is 0.484. The van der Waals surface area contributed by atoms with Gasteiger partial charge in [0, 0.05) is 24.0 Å². The van der Waals surface area contributed by atoms with Gasteiger partial charge in [0.05, 0.1) is 12.8 Å². The standard InChI is InChI=1S/C18H32N4O2S/c1-7-19-17(20-13-18(4,5)22-25(6,23)24)21-15(3)14(2)16-11-9-8-10-12-16/h8-12,14-15,22H,7,13H2,1-6H3,(H2,19,20,21). The van der Waals surface area contributed by atoms with E-state index in [1.54, 1.807) is 0 Å². The molecule has 0 saturated heterocycles. The molecule has 0 heterocycles. The first-order chi connectivity index (χ1) is 11.5. The number of aliphatic imine (C=N–C) groups is 1. The first-order valence-corrected chi connectivity index (χ1v) is 10.5. The molecular formula is C18H32N4O2S. The third-order valence-electron chi connectivity index (χ3n) is 3.88.